The average molecular weight is 577 g/mol. The SMILES string of the molecule is Cc1ccc(S(=O)(=O)N(C)C[C@@H]2Oc3cc(-c4cccc(F)c4)ccc3S(=O)(=O)N([C@H](C)CO)C[C@H]2C)cc1. The number of likely N-dealkylation sites (N-methyl/N-ethyl adjacent to an activating group) is 1. The summed E-state index contributed by atoms with van der Waals surface area (Å²) in [6, 6.07) is 16.2. The molecule has 0 fully saturated rings. The van der Waals surface area contributed by atoms with Crippen LogP contribution in [0.3, 0.4) is 0 Å². The van der Waals surface area contributed by atoms with E-state index in [2.05, 4.69) is 0 Å². The minimum absolute atomic E-state index is 0.0121. The third-order valence-electron chi connectivity index (χ3n) is 6.99. The second kappa shape index (κ2) is 11.3. The van der Waals surface area contributed by atoms with E-state index in [0.29, 0.717) is 11.1 Å². The van der Waals surface area contributed by atoms with E-state index in [9.17, 15) is 26.3 Å². The van der Waals surface area contributed by atoms with Crippen LogP contribution in [-0.4, -0.2) is 69.4 Å². The highest BCUT2D eigenvalue weighted by atomic mass is 32.2. The predicted octanol–water partition coefficient (Wildman–Crippen LogP) is 3.89. The lowest BCUT2D eigenvalue weighted by Crippen LogP contribution is -2.50. The molecule has 3 aromatic rings. The summed E-state index contributed by atoms with van der Waals surface area (Å²) in [6.45, 7) is 4.82. The molecule has 1 aliphatic rings. The van der Waals surface area contributed by atoms with Gasteiger partial charge in [0.25, 0.3) is 0 Å². The number of aryl methyl sites for hydroxylation is 1. The number of nitrogens with zero attached hydrogens (tertiary/aromatic N) is 2. The van der Waals surface area contributed by atoms with Gasteiger partial charge in [-0.2, -0.15) is 8.61 Å². The van der Waals surface area contributed by atoms with Gasteiger partial charge in [0.1, 0.15) is 22.6 Å². The van der Waals surface area contributed by atoms with Gasteiger partial charge in [-0.05, 0) is 61.4 Å². The van der Waals surface area contributed by atoms with E-state index < -0.39 is 50.5 Å². The molecule has 4 rings (SSSR count). The third-order valence-corrected chi connectivity index (χ3v) is 10.8. The van der Waals surface area contributed by atoms with Crippen LogP contribution in [0.5, 0.6) is 5.75 Å². The second-order valence-electron chi connectivity index (χ2n) is 10.0. The van der Waals surface area contributed by atoms with E-state index in [-0.39, 0.29) is 28.6 Å². The molecule has 1 N–H and O–H groups in total. The molecule has 0 saturated carbocycles. The summed E-state index contributed by atoms with van der Waals surface area (Å²) in [7, 11) is -6.47. The molecule has 1 heterocycles. The summed E-state index contributed by atoms with van der Waals surface area (Å²) < 4.78 is 76.7. The van der Waals surface area contributed by atoms with Crippen molar-refractivity contribution in [1.82, 2.24) is 8.61 Å². The maximum Gasteiger partial charge on any atom is 0.247 e. The molecular formula is C28H33FN2O6S2. The van der Waals surface area contributed by atoms with Crippen LogP contribution in [0.25, 0.3) is 11.1 Å². The highest BCUT2D eigenvalue weighted by Crippen LogP contribution is 2.37. The largest absolute Gasteiger partial charge is 0.487 e. The van der Waals surface area contributed by atoms with E-state index in [1.54, 1.807) is 56.3 Å². The van der Waals surface area contributed by atoms with Crippen LogP contribution >= 0.6 is 0 Å². The molecule has 0 saturated heterocycles. The van der Waals surface area contributed by atoms with Crippen LogP contribution < -0.4 is 4.74 Å². The van der Waals surface area contributed by atoms with Crippen LogP contribution in [0.4, 0.5) is 4.39 Å². The van der Waals surface area contributed by atoms with Crippen molar-refractivity contribution in [3.63, 3.8) is 0 Å². The predicted molar refractivity (Wildman–Crippen MR) is 147 cm³/mol. The number of sulfonamides is 2. The highest BCUT2D eigenvalue weighted by Gasteiger charge is 2.39. The van der Waals surface area contributed by atoms with Crippen LogP contribution in [0.1, 0.15) is 19.4 Å². The Morgan fingerprint density at radius 3 is 2.41 bits per heavy atom. The van der Waals surface area contributed by atoms with Gasteiger partial charge in [-0.3, -0.25) is 0 Å². The fraction of sp³-hybridized carbons (Fsp3) is 0.357. The highest BCUT2D eigenvalue weighted by molar-refractivity contribution is 7.89. The molecule has 0 amide bonds. The van der Waals surface area contributed by atoms with Gasteiger partial charge in [0, 0.05) is 25.6 Å². The molecule has 8 nitrogen and oxygen atoms in total. The Labute approximate surface area is 229 Å². The molecule has 0 unspecified atom stereocenters. The van der Waals surface area contributed by atoms with Crippen molar-refractivity contribution in [2.75, 3.05) is 26.7 Å². The van der Waals surface area contributed by atoms with E-state index in [4.69, 9.17) is 4.74 Å². The van der Waals surface area contributed by atoms with Crippen molar-refractivity contribution in [3.8, 4) is 16.9 Å². The molecule has 210 valence electrons. The van der Waals surface area contributed by atoms with Gasteiger partial charge in [0.05, 0.1) is 18.0 Å². The lowest BCUT2D eigenvalue weighted by atomic mass is 10.0. The zero-order chi connectivity index (χ0) is 28.5. The van der Waals surface area contributed by atoms with Crippen LogP contribution in [0.2, 0.25) is 0 Å². The molecule has 39 heavy (non-hydrogen) atoms. The molecule has 0 radical (unpaired) electrons. The molecule has 11 heteroatoms. The van der Waals surface area contributed by atoms with Crippen molar-refractivity contribution >= 4 is 20.0 Å². The van der Waals surface area contributed by atoms with Crippen molar-refractivity contribution in [1.29, 1.82) is 0 Å². The second-order valence-corrected chi connectivity index (χ2v) is 13.9. The van der Waals surface area contributed by atoms with Crippen molar-refractivity contribution < 1.29 is 31.1 Å². The third kappa shape index (κ3) is 6.02. The number of hydrogen-bond donors (Lipinski definition) is 1. The first-order chi connectivity index (χ1) is 18.3. The van der Waals surface area contributed by atoms with Gasteiger partial charge in [-0.15, -0.1) is 0 Å². The van der Waals surface area contributed by atoms with E-state index in [1.165, 1.54) is 39.9 Å². The Morgan fingerprint density at radius 2 is 1.77 bits per heavy atom. The Hall–Kier alpha value is -2.83. The zero-order valence-electron chi connectivity index (χ0n) is 22.3. The number of aliphatic hydroxyl groups is 1. The number of fused-ring (bicyclic) bond motifs is 1. The number of aliphatic hydroxyl groups excluding tert-OH is 1. The van der Waals surface area contributed by atoms with E-state index in [1.807, 2.05) is 6.92 Å². The number of benzene rings is 3. The summed E-state index contributed by atoms with van der Waals surface area (Å²) in [5.41, 5.74) is 2.00. The van der Waals surface area contributed by atoms with Crippen LogP contribution in [0.15, 0.2) is 76.5 Å². The minimum Gasteiger partial charge on any atom is -0.487 e. The molecule has 3 aromatic carbocycles. The van der Waals surface area contributed by atoms with Gasteiger partial charge in [0.15, 0.2) is 0 Å². The van der Waals surface area contributed by atoms with E-state index >= 15 is 0 Å². The standard InChI is InChI=1S/C28H33FN2O6S2/c1-19-8-11-25(12-9-19)38(33,34)30(4)17-27-20(2)16-31(21(3)18-32)39(35,36)28-13-10-23(15-26(28)37-27)22-6-5-7-24(29)14-22/h5-15,20-21,27,32H,16-18H2,1-4H3/t20-,21-,27+/m1/s1. The molecule has 0 spiro atoms. The minimum atomic E-state index is -4.08. The molecular weight excluding hydrogens is 543 g/mol. The maximum atomic E-state index is 13.9. The van der Waals surface area contributed by atoms with Gasteiger partial charge in [0.2, 0.25) is 20.0 Å². The van der Waals surface area contributed by atoms with Gasteiger partial charge >= 0.3 is 0 Å². The number of rotatable bonds is 7. The van der Waals surface area contributed by atoms with E-state index in [0.717, 1.165) is 5.56 Å². The first-order valence-electron chi connectivity index (χ1n) is 12.6. The fourth-order valence-electron chi connectivity index (χ4n) is 4.53. The Morgan fingerprint density at radius 1 is 1.10 bits per heavy atom. The summed E-state index contributed by atoms with van der Waals surface area (Å²) in [4.78, 5) is 0.0323. The molecule has 0 aliphatic carbocycles. The Balaban J connectivity index is 1.77. The van der Waals surface area contributed by atoms with Gasteiger partial charge < -0.3 is 9.84 Å². The summed E-state index contributed by atoms with van der Waals surface area (Å²) in [6.07, 6.45) is -0.736. The quantitative estimate of drug-likeness (QED) is 0.458. The molecule has 1 aliphatic heterocycles. The summed E-state index contributed by atoms with van der Waals surface area (Å²) in [5, 5.41) is 9.84. The molecule has 3 atom stereocenters. The Kier molecular flexibility index (Phi) is 8.48. The number of halogens is 1. The topological polar surface area (TPSA) is 104 Å². The number of hydrogen-bond acceptors (Lipinski definition) is 6. The lowest BCUT2D eigenvalue weighted by molar-refractivity contribution is 0.0905. The van der Waals surface area contributed by atoms with Gasteiger partial charge in [-0.1, -0.05) is 42.8 Å². The fourth-order valence-corrected chi connectivity index (χ4v) is 7.54. The van der Waals surface area contributed by atoms with Gasteiger partial charge in [-0.25, -0.2) is 21.2 Å². The first-order valence-corrected chi connectivity index (χ1v) is 15.4. The average Bonchev–Trinajstić information content (AvgIpc) is 2.90. The van der Waals surface area contributed by atoms with Crippen LogP contribution in [0, 0.1) is 18.7 Å². The summed E-state index contributed by atoms with van der Waals surface area (Å²) >= 11 is 0. The molecule has 0 bridgehead atoms. The lowest BCUT2D eigenvalue weighted by Gasteiger charge is -2.37. The van der Waals surface area contributed by atoms with Crippen molar-refractivity contribution in [3.05, 3.63) is 78.1 Å². The smallest absolute Gasteiger partial charge is 0.247 e. The van der Waals surface area contributed by atoms with Crippen molar-refractivity contribution in [2.45, 2.75) is 42.7 Å². The first kappa shape index (κ1) is 29.2. The number of ether oxygens (including phenoxy) is 1. The monoisotopic (exact) mass is 576 g/mol. The molecule has 0 aromatic heterocycles. The van der Waals surface area contributed by atoms with Crippen LogP contribution in [-0.2, 0) is 20.0 Å². The normalized spacial score (nSPS) is 20.5. The van der Waals surface area contributed by atoms with Crippen molar-refractivity contribution in [2.24, 2.45) is 5.92 Å². The summed E-state index contributed by atoms with van der Waals surface area (Å²) in [5.74, 6) is -0.856. The Bertz CT molecular complexity index is 1540. The maximum absolute atomic E-state index is 13.9. The zero-order valence-corrected chi connectivity index (χ0v) is 23.9.